The van der Waals surface area contributed by atoms with E-state index in [2.05, 4.69) is 21.3 Å². The lowest BCUT2D eigenvalue weighted by Gasteiger charge is -2.50. The molecule has 35 atom stereocenters. The molecular weight excluding hydrogens is 1230 g/mol. The van der Waals surface area contributed by atoms with Gasteiger partial charge in [-0.25, -0.2) is 0 Å². The lowest BCUT2D eigenvalue weighted by atomic mass is 9.94. The molecule has 7 saturated heterocycles. The normalized spacial score (nSPS) is 47.6. The van der Waals surface area contributed by atoms with Gasteiger partial charge in [0.1, 0.15) is 171 Å². The Morgan fingerprint density at radius 2 is 0.600 bits per heavy atom. The first kappa shape index (κ1) is 74.0. The Labute approximate surface area is 510 Å². The van der Waals surface area contributed by atoms with E-state index in [0.29, 0.717) is 0 Å². The standard InChI is InChI=1S/C50H84N4O36/c1-12(60)51-23-35(72)40(19(8-58)80-44(23)77)88-49-39(76)42(89-48-38(75)37(74)41(20(9-59)84-48)87-46-25(53-14(3)62)33(70)28(65)17(6-56)82-46)31(68)22(85-49)11-79-50-43(90-47-26(54-15(4)63)34(71)29(66)18(7-57)83-47)36(73)30(67)21(86-50)10-78-45-24(52-13(2)61)32(69)27(64)16(5-55)81-45/h16-50,55-59,64-77H,5-11H2,1-4H3,(H,51,60)(H,52,61)(H,53,62)(H,54,63)/t16-,17-,18-,19-,20-,21-,22-,23-,24-,25-,26-,27-,28-,29-,30-,31-,32-,33-,34-,35-,36+,37-,38+,39+,40-,41-,42+,43+,44-,45-,46+,47+,48-,49+,50+/m1/s1. The number of carbonyl (C=O) groups excluding carboxylic acids is 4. The summed E-state index contributed by atoms with van der Waals surface area (Å²) in [5.74, 6) is -3.16. The number of hydrogen-bond donors (Lipinski definition) is 23. The molecule has 0 aromatic carbocycles. The van der Waals surface area contributed by atoms with Crippen LogP contribution in [0.1, 0.15) is 27.7 Å². The van der Waals surface area contributed by atoms with E-state index < -0.39 is 285 Å². The van der Waals surface area contributed by atoms with Gasteiger partial charge in [-0.1, -0.05) is 0 Å². The Hall–Kier alpha value is -3.40. The van der Waals surface area contributed by atoms with Crippen LogP contribution in [0, 0.1) is 0 Å². The van der Waals surface area contributed by atoms with Gasteiger partial charge >= 0.3 is 0 Å². The van der Waals surface area contributed by atoms with Crippen LogP contribution in [0.4, 0.5) is 0 Å². The minimum absolute atomic E-state index is 0.753. The van der Waals surface area contributed by atoms with Crippen molar-refractivity contribution < 1.29 is 178 Å². The molecule has 40 heteroatoms. The minimum Gasteiger partial charge on any atom is -0.394 e. The van der Waals surface area contributed by atoms with Crippen molar-refractivity contribution in [3.63, 3.8) is 0 Å². The van der Waals surface area contributed by atoms with E-state index in [9.17, 15) is 116 Å². The molecule has 7 fully saturated rings. The number of nitrogens with one attached hydrogen (secondary N) is 4. The van der Waals surface area contributed by atoms with Crippen molar-refractivity contribution in [2.24, 2.45) is 0 Å². The summed E-state index contributed by atoms with van der Waals surface area (Å²) in [6, 6.07) is -6.58. The molecule has 0 radical (unpaired) electrons. The van der Waals surface area contributed by atoms with Crippen molar-refractivity contribution in [3.8, 4) is 0 Å². The maximum atomic E-state index is 12.4. The second kappa shape index (κ2) is 32.4. The molecule has 0 bridgehead atoms. The summed E-state index contributed by atoms with van der Waals surface area (Å²) in [6.45, 7) is -2.77. The number of aliphatic hydroxyl groups is 19. The van der Waals surface area contributed by atoms with Crippen LogP contribution in [0.25, 0.3) is 0 Å². The van der Waals surface area contributed by atoms with Crippen molar-refractivity contribution in [2.45, 2.75) is 242 Å². The van der Waals surface area contributed by atoms with Crippen molar-refractivity contribution in [1.82, 2.24) is 21.3 Å². The van der Waals surface area contributed by atoms with Gasteiger partial charge in [0.25, 0.3) is 0 Å². The number of amides is 4. The Bertz CT molecular complexity index is 2310. The molecule has 7 rings (SSSR count). The van der Waals surface area contributed by atoms with Crippen molar-refractivity contribution >= 4 is 23.6 Å². The van der Waals surface area contributed by atoms with Crippen molar-refractivity contribution in [3.05, 3.63) is 0 Å². The first-order valence-electron chi connectivity index (χ1n) is 28.6. The van der Waals surface area contributed by atoms with Gasteiger partial charge in [0.2, 0.25) is 23.6 Å². The molecule has 7 heterocycles. The van der Waals surface area contributed by atoms with Gasteiger partial charge in [0, 0.05) is 27.7 Å². The zero-order valence-corrected chi connectivity index (χ0v) is 48.6. The third kappa shape index (κ3) is 16.6. The highest BCUT2D eigenvalue weighted by molar-refractivity contribution is 5.74. The van der Waals surface area contributed by atoms with Gasteiger partial charge in [-0.15, -0.1) is 0 Å². The van der Waals surface area contributed by atoms with Crippen LogP contribution in [0.15, 0.2) is 0 Å². The van der Waals surface area contributed by atoms with E-state index in [-0.39, 0.29) is 0 Å². The third-order valence-electron chi connectivity index (χ3n) is 16.1. The molecule has 23 N–H and O–H groups in total. The Balaban J connectivity index is 1.21. The molecule has 0 aliphatic carbocycles. The lowest BCUT2D eigenvalue weighted by molar-refractivity contribution is -0.390. The largest absolute Gasteiger partial charge is 0.394 e. The van der Waals surface area contributed by atoms with E-state index in [4.69, 9.17) is 61.6 Å². The fraction of sp³-hybridized carbons (Fsp3) is 0.920. The van der Waals surface area contributed by atoms with Gasteiger partial charge in [-0.2, -0.15) is 0 Å². The van der Waals surface area contributed by atoms with Crippen LogP contribution in [0.3, 0.4) is 0 Å². The molecule has 0 spiro atoms. The average Bonchev–Trinajstić information content (AvgIpc) is 3.15. The Morgan fingerprint density at radius 1 is 0.289 bits per heavy atom. The second-order valence-electron chi connectivity index (χ2n) is 22.6. The Morgan fingerprint density at radius 3 is 1.07 bits per heavy atom. The van der Waals surface area contributed by atoms with E-state index in [0.717, 1.165) is 27.7 Å². The van der Waals surface area contributed by atoms with Gasteiger partial charge < -0.3 is 180 Å². The maximum absolute atomic E-state index is 12.4. The quantitative estimate of drug-likeness (QED) is 0.0452. The van der Waals surface area contributed by atoms with Crippen LogP contribution in [0.2, 0.25) is 0 Å². The topological polar surface area (TPSA) is 621 Å². The van der Waals surface area contributed by atoms with Crippen molar-refractivity contribution in [1.29, 1.82) is 0 Å². The first-order valence-corrected chi connectivity index (χ1v) is 28.6. The van der Waals surface area contributed by atoms with Crippen LogP contribution in [-0.4, -0.2) is 382 Å². The molecule has 0 aromatic heterocycles. The summed E-state index contributed by atoms with van der Waals surface area (Å²) < 4.78 is 76.0. The fourth-order valence-corrected chi connectivity index (χ4v) is 11.4. The van der Waals surface area contributed by atoms with Crippen LogP contribution in [-0.2, 0) is 80.8 Å². The highest BCUT2D eigenvalue weighted by Gasteiger charge is 2.58. The predicted molar refractivity (Wildman–Crippen MR) is 278 cm³/mol. The molecule has 90 heavy (non-hydrogen) atoms. The van der Waals surface area contributed by atoms with E-state index >= 15 is 0 Å². The summed E-state index contributed by atoms with van der Waals surface area (Å²) in [7, 11) is 0. The number of rotatable bonds is 23. The van der Waals surface area contributed by atoms with Crippen LogP contribution >= 0.6 is 0 Å². The highest BCUT2D eigenvalue weighted by Crippen LogP contribution is 2.37. The number of ether oxygens (including phenoxy) is 13. The molecule has 0 saturated carbocycles. The number of aliphatic hydroxyl groups excluding tert-OH is 19. The molecule has 4 amide bonds. The summed E-state index contributed by atoms with van der Waals surface area (Å²) in [4.78, 5) is 48.9. The average molecular weight is 1320 g/mol. The van der Waals surface area contributed by atoms with Crippen molar-refractivity contribution in [2.75, 3.05) is 46.2 Å². The third-order valence-corrected chi connectivity index (χ3v) is 16.1. The van der Waals surface area contributed by atoms with Crippen LogP contribution < -0.4 is 21.3 Å². The second-order valence-corrected chi connectivity index (χ2v) is 22.6. The summed E-state index contributed by atoms with van der Waals surface area (Å²) in [6.07, 6.45) is -61.1. The fourth-order valence-electron chi connectivity index (χ4n) is 11.4. The van der Waals surface area contributed by atoms with Gasteiger partial charge in [-0.3, -0.25) is 19.2 Å². The summed E-state index contributed by atoms with van der Waals surface area (Å²) in [5, 5.41) is 218. The molecule has 7 aliphatic heterocycles. The highest BCUT2D eigenvalue weighted by atomic mass is 16.8. The van der Waals surface area contributed by atoms with Gasteiger partial charge in [0.05, 0.1) is 46.2 Å². The molecule has 0 unspecified atom stereocenters. The monoisotopic (exact) mass is 1320 g/mol. The van der Waals surface area contributed by atoms with Gasteiger partial charge in [-0.05, 0) is 0 Å². The smallest absolute Gasteiger partial charge is 0.217 e. The Kier molecular flexibility index (Phi) is 26.6. The SMILES string of the molecule is CC(=O)N[C@@H]1[C@@H](O)[C@H](O[C@@H]2O[C@H](CO[C@H]3O[C@H](CO[C@@H]4O[C@H](CO)[C@@H](O)[C@H](O)[C@H]4NC(C)=O)[C@@H](O)[C@H](O)[C@@H]3O[C@@H]3O[C@H](CO)[C@@H](O)[C@H](O)[C@H]3NC(C)=O)[C@@H](O)[C@H](O[C@H]3O[C@H](CO)[C@@H](O[C@@H]4O[C@H](CO)[C@@H](O)[C@H](O)[C@H]4NC(C)=O)[C@H](O)[C@@H]3O)[C@@H]2O)[C@@H](CO)O[C@H]1O. The first-order chi connectivity index (χ1) is 42.5. The summed E-state index contributed by atoms with van der Waals surface area (Å²) >= 11 is 0. The molecule has 0 aromatic rings. The summed E-state index contributed by atoms with van der Waals surface area (Å²) in [5.41, 5.74) is 0. The van der Waals surface area contributed by atoms with Crippen LogP contribution in [0.5, 0.6) is 0 Å². The zero-order valence-electron chi connectivity index (χ0n) is 48.6. The molecule has 520 valence electrons. The number of hydrogen-bond acceptors (Lipinski definition) is 36. The minimum atomic E-state index is -2.37. The van der Waals surface area contributed by atoms with E-state index in [1.807, 2.05) is 0 Å². The molecule has 7 aliphatic rings. The number of carbonyl (C=O) groups is 4. The molecular formula is C50H84N4O36. The zero-order chi connectivity index (χ0) is 66.5. The van der Waals surface area contributed by atoms with E-state index in [1.54, 1.807) is 0 Å². The van der Waals surface area contributed by atoms with Gasteiger partial charge in [0.15, 0.2) is 44.0 Å². The van der Waals surface area contributed by atoms with E-state index in [1.165, 1.54) is 0 Å². The lowest BCUT2D eigenvalue weighted by Crippen LogP contribution is -2.69. The predicted octanol–water partition coefficient (Wildman–Crippen LogP) is -15.7. The molecule has 40 nitrogen and oxygen atoms in total. The maximum Gasteiger partial charge on any atom is 0.217 e.